The molecule has 1 fully saturated rings. The molecule has 0 aromatic heterocycles. The van der Waals surface area contributed by atoms with E-state index in [2.05, 4.69) is 4.72 Å². The molecular weight excluding hydrogens is 268 g/mol. The van der Waals surface area contributed by atoms with Crippen molar-refractivity contribution < 1.29 is 8.42 Å². The first-order chi connectivity index (χ1) is 8.53. The molecular formula is C12H18N2O2S2. The van der Waals surface area contributed by atoms with E-state index in [0.29, 0.717) is 10.9 Å². The average molecular weight is 286 g/mol. The van der Waals surface area contributed by atoms with Gasteiger partial charge in [-0.25, -0.2) is 13.1 Å². The van der Waals surface area contributed by atoms with E-state index in [4.69, 9.17) is 5.73 Å². The Morgan fingerprint density at radius 2 is 2.00 bits per heavy atom. The first kappa shape index (κ1) is 13.7. The molecule has 0 heterocycles. The molecule has 6 heteroatoms. The van der Waals surface area contributed by atoms with Crippen LogP contribution >= 0.6 is 11.8 Å². The van der Waals surface area contributed by atoms with Gasteiger partial charge in [0, 0.05) is 15.8 Å². The molecule has 1 aromatic rings. The fourth-order valence-corrected chi connectivity index (χ4v) is 4.25. The van der Waals surface area contributed by atoms with Crippen LogP contribution in [0.2, 0.25) is 0 Å². The summed E-state index contributed by atoms with van der Waals surface area (Å²) in [5.74, 6) is 0. The largest absolute Gasteiger partial charge is 0.398 e. The first-order valence-corrected chi connectivity index (χ1v) is 8.39. The van der Waals surface area contributed by atoms with Crippen LogP contribution in [0.15, 0.2) is 28.0 Å². The minimum atomic E-state index is -3.39. The second kappa shape index (κ2) is 5.50. The summed E-state index contributed by atoms with van der Waals surface area (Å²) >= 11 is 1.70. The van der Waals surface area contributed by atoms with Crippen molar-refractivity contribution in [2.45, 2.75) is 40.7 Å². The molecule has 0 saturated heterocycles. The molecule has 1 saturated carbocycles. The highest BCUT2D eigenvalue weighted by Crippen LogP contribution is 2.38. The summed E-state index contributed by atoms with van der Waals surface area (Å²) in [6, 6.07) is 4.88. The van der Waals surface area contributed by atoms with E-state index < -0.39 is 10.0 Å². The van der Waals surface area contributed by atoms with Crippen molar-refractivity contribution in [3.05, 3.63) is 18.2 Å². The molecule has 4 nitrogen and oxygen atoms in total. The standard InChI is InChI=1S/C12H18N2O2S2/c1-14-18(15,16)10-6-7-11(13)12(8-10)17-9-4-2-3-5-9/h6-9,14H,2-5,13H2,1H3. The van der Waals surface area contributed by atoms with Crippen LogP contribution in [0.3, 0.4) is 0 Å². The van der Waals surface area contributed by atoms with Crippen molar-refractivity contribution in [3.8, 4) is 0 Å². The maximum atomic E-state index is 11.7. The van der Waals surface area contributed by atoms with Gasteiger partial charge in [0.05, 0.1) is 4.90 Å². The fourth-order valence-electron chi connectivity index (χ4n) is 2.09. The molecule has 1 aliphatic carbocycles. The van der Waals surface area contributed by atoms with Gasteiger partial charge in [0.25, 0.3) is 0 Å². The third-order valence-electron chi connectivity index (χ3n) is 3.16. The predicted molar refractivity (Wildman–Crippen MR) is 75.2 cm³/mol. The molecule has 1 aromatic carbocycles. The van der Waals surface area contributed by atoms with Crippen molar-refractivity contribution in [2.24, 2.45) is 0 Å². The molecule has 0 amide bonds. The second-order valence-corrected chi connectivity index (χ2v) is 7.66. The van der Waals surface area contributed by atoms with E-state index >= 15 is 0 Å². The Hall–Kier alpha value is -0.720. The normalized spacial score (nSPS) is 17.2. The van der Waals surface area contributed by atoms with Crippen molar-refractivity contribution in [1.82, 2.24) is 4.72 Å². The van der Waals surface area contributed by atoms with Crippen LogP contribution in [-0.4, -0.2) is 20.7 Å². The summed E-state index contributed by atoms with van der Waals surface area (Å²) in [5, 5.41) is 0.569. The minimum absolute atomic E-state index is 0.277. The maximum absolute atomic E-state index is 11.7. The summed E-state index contributed by atoms with van der Waals surface area (Å²) in [4.78, 5) is 1.15. The van der Waals surface area contributed by atoms with Crippen LogP contribution in [0.25, 0.3) is 0 Å². The molecule has 0 radical (unpaired) electrons. The smallest absolute Gasteiger partial charge is 0.240 e. The SMILES string of the molecule is CNS(=O)(=O)c1ccc(N)c(SC2CCCC2)c1. The second-order valence-electron chi connectivity index (χ2n) is 4.43. The summed E-state index contributed by atoms with van der Waals surface area (Å²) in [6.45, 7) is 0. The molecule has 0 atom stereocenters. The summed E-state index contributed by atoms with van der Waals surface area (Å²) < 4.78 is 25.8. The topological polar surface area (TPSA) is 72.2 Å². The van der Waals surface area contributed by atoms with E-state index in [1.54, 1.807) is 30.0 Å². The van der Waals surface area contributed by atoms with Crippen molar-refractivity contribution in [1.29, 1.82) is 0 Å². The van der Waals surface area contributed by atoms with Gasteiger partial charge in [-0.05, 0) is 38.1 Å². The van der Waals surface area contributed by atoms with E-state index in [1.807, 2.05) is 0 Å². The molecule has 0 unspecified atom stereocenters. The number of nitrogens with two attached hydrogens (primary N) is 1. The van der Waals surface area contributed by atoms with Crippen LogP contribution in [0.5, 0.6) is 0 Å². The fraction of sp³-hybridized carbons (Fsp3) is 0.500. The number of rotatable bonds is 4. The molecule has 100 valence electrons. The van der Waals surface area contributed by atoms with Crippen LogP contribution in [0, 0.1) is 0 Å². The van der Waals surface area contributed by atoms with Crippen molar-refractivity contribution in [3.63, 3.8) is 0 Å². The van der Waals surface area contributed by atoms with Crippen molar-refractivity contribution in [2.75, 3.05) is 12.8 Å². The Bertz CT molecular complexity index is 523. The quantitative estimate of drug-likeness (QED) is 0.832. The Labute approximate surface area is 112 Å². The lowest BCUT2D eigenvalue weighted by molar-refractivity contribution is 0.588. The van der Waals surface area contributed by atoms with Crippen molar-refractivity contribution >= 4 is 27.5 Å². The summed E-state index contributed by atoms with van der Waals surface area (Å²) in [7, 11) is -1.98. The van der Waals surface area contributed by atoms with Gasteiger partial charge in [-0.15, -0.1) is 11.8 Å². The lowest BCUT2D eigenvalue weighted by atomic mass is 10.3. The van der Waals surface area contributed by atoms with Gasteiger partial charge in [-0.1, -0.05) is 12.8 Å². The summed E-state index contributed by atoms with van der Waals surface area (Å²) in [5.41, 5.74) is 6.57. The predicted octanol–water partition coefficient (Wildman–Crippen LogP) is 2.21. The average Bonchev–Trinajstić information content (AvgIpc) is 2.84. The molecule has 3 N–H and O–H groups in total. The third-order valence-corrected chi connectivity index (χ3v) is 5.98. The van der Waals surface area contributed by atoms with Gasteiger partial charge in [0.15, 0.2) is 0 Å². The monoisotopic (exact) mass is 286 g/mol. The zero-order valence-corrected chi connectivity index (χ0v) is 12.0. The Kier molecular flexibility index (Phi) is 4.19. The molecule has 18 heavy (non-hydrogen) atoms. The van der Waals surface area contributed by atoms with Crippen LogP contribution in [-0.2, 0) is 10.0 Å². The van der Waals surface area contributed by atoms with E-state index in [1.165, 1.54) is 32.7 Å². The van der Waals surface area contributed by atoms with E-state index in [-0.39, 0.29) is 4.90 Å². The highest BCUT2D eigenvalue weighted by Gasteiger charge is 2.19. The lowest BCUT2D eigenvalue weighted by Crippen LogP contribution is -2.18. The van der Waals surface area contributed by atoms with Gasteiger partial charge in [0.1, 0.15) is 0 Å². The first-order valence-electron chi connectivity index (χ1n) is 6.02. The highest BCUT2D eigenvalue weighted by molar-refractivity contribution is 8.00. The molecule has 0 bridgehead atoms. The maximum Gasteiger partial charge on any atom is 0.240 e. The van der Waals surface area contributed by atoms with Gasteiger partial charge < -0.3 is 5.73 Å². The molecule has 0 spiro atoms. The van der Waals surface area contributed by atoms with Gasteiger partial charge in [-0.2, -0.15) is 0 Å². The third kappa shape index (κ3) is 2.99. The van der Waals surface area contributed by atoms with Gasteiger partial charge >= 0.3 is 0 Å². The number of anilines is 1. The Balaban J connectivity index is 2.26. The number of nitrogens with one attached hydrogen (secondary N) is 1. The zero-order chi connectivity index (χ0) is 13.2. The zero-order valence-electron chi connectivity index (χ0n) is 10.3. The van der Waals surface area contributed by atoms with Crippen LogP contribution < -0.4 is 10.5 Å². The summed E-state index contributed by atoms with van der Waals surface area (Å²) in [6.07, 6.45) is 4.89. The minimum Gasteiger partial charge on any atom is -0.398 e. The van der Waals surface area contributed by atoms with Crippen LogP contribution in [0.1, 0.15) is 25.7 Å². The number of sulfonamides is 1. The number of nitrogen functional groups attached to an aromatic ring is 1. The van der Waals surface area contributed by atoms with E-state index in [0.717, 1.165) is 4.90 Å². The number of hydrogen-bond donors (Lipinski definition) is 2. The van der Waals surface area contributed by atoms with E-state index in [9.17, 15) is 8.42 Å². The van der Waals surface area contributed by atoms with Gasteiger partial charge in [-0.3, -0.25) is 0 Å². The van der Waals surface area contributed by atoms with Crippen LogP contribution in [0.4, 0.5) is 5.69 Å². The number of hydrogen-bond acceptors (Lipinski definition) is 4. The number of benzene rings is 1. The highest BCUT2D eigenvalue weighted by atomic mass is 32.2. The number of thioether (sulfide) groups is 1. The Morgan fingerprint density at radius 3 is 2.61 bits per heavy atom. The lowest BCUT2D eigenvalue weighted by Gasteiger charge is -2.12. The molecule has 0 aliphatic heterocycles. The Morgan fingerprint density at radius 1 is 1.33 bits per heavy atom. The molecule has 1 aliphatic rings. The molecule has 2 rings (SSSR count). The van der Waals surface area contributed by atoms with Gasteiger partial charge in [0.2, 0.25) is 10.0 Å².